The minimum absolute atomic E-state index is 0.0518. The molecule has 0 spiro atoms. The summed E-state index contributed by atoms with van der Waals surface area (Å²) in [5.74, 6) is -0.550. The maximum absolute atomic E-state index is 11.6. The molecule has 0 atom stereocenters. The maximum atomic E-state index is 11.6. The van der Waals surface area contributed by atoms with Gasteiger partial charge in [0.2, 0.25) is 5.56 Å². The molecule has 0 bridgehead atoms. The summed E-state index contributed by atoms with van der Waals surface area (Å²) in [6.07, 6.45) is 0. The van der Waals surface area contributed by atoms with Crippen LogP contribution in [-0.2, 0) is 0 Å². The van der Waals surface area contributed by atoms with Crippen LogP contribution in [0.5, 0.6) is 5.75 Å². The molecule has 0 unspecified atom stereocenters. The van der Waals surface area contributed by atoms with Gasteiger partial charge in [0, 0.05) is 11.6 Å². The number of aromatic amines is 1. The van der Waals surface area contributed by atoms with Crippen LogP contribution in [0.15, 0.2) is 29.1 Å². The number of pyridine rings is 1. The van der Waals surface area contributed by atoms with Crippen molar-refractivity contribution in [2.75, 3.05) is 7.11 Å². The summed E-state index contributed by atoms with van der Waals surface area (Å²) in [5, 5.41) is 9.02. The zero-order chi connectivity index (χ0) is 14.9. The number of nitrogens with one attached hydrogen (secondary N) is 1. The summed E-state index contributed by atoms with van der Waals surface area (Å²) >= 11 is 0. The van der Waals surface area contributed by atoms with Gasteiger partial charge in [-0.3, -0.25) is 4.79 Å². The molecule has 0 amide bonds. The summed E-state index contributed by atoms with van der Waals surface area (Å²) in [7, 11) is 1.53. The summed E-state index contributed by atoms with van der Waals surface area (Å²) in [4.78, 5) is 25.3. The average molecular weight is 273 g/mol. The molecule has 0 aliphatic carbocycles. The number of aromatic carboxylic acids is 1. The van der Waals surface area contributed by atoms with E-state index in [0.29, 0.717) is 17.0 Å². The number of H-pyrrole nitrogens is 1. The quantitative estimate of drug-likeness (QED) is 0.899. The third-order valence-corrected chi connectivity index (χ3v) is 3.20. The third kappa shape index (κ3) is 2.56. The van der Waals surface area contributed by atoms with Gasteiger partial charge in [0.05, 0.1) is 18.4 Å². The number of carboxylic acid groups (broad SMARTS) is 1. The number of benzene rings is 1. The molecule has 5 heteroatoms. The molecule has 5 nitrogen and oxygen atoms in total. The second kappa shape index (κ2) is 5.21. The average Bonchev–Trinajstić information content (AvgIpc) is 2.40. The standard InChI is InChI=1S/C15H15NO4/c1-8-4-11(13(20-3)5-9(8)2)12-6-10(15(18)19)7-14(17)16-12/h4-7H,1-3H3,(H,16,17)(H,18,19). The number of hydrogen-bond acceptors (Lipinski definition) is 3. The van der Waals surface area contributed by atoms with E-state index in [1.54, 1.807) is 0 Å². The molecule has 2 N–H and O–H groups in total. The predicted molar refractivity (Wildman–Crippen MR) is 75.5 cm³/mol. The summed E-state index contributed by atoms with van der Waals surface area (Å²) < 4.78 is 5.31. The van der Waals surface area contributed by atoms with Crippen molar-refractivity contribution in [2.24, 2.45) is 0 Å². The minimum atomic E-state index is -1.14. The number of ether oxygens (including phenoxy) is 1. The van der Waals surface area contributed by atoms with Crippen LogP contribution in [-0.4, -0.2) is 23.2 Å². The molecule has 0 saturated heterocycles. The van der Waals surface area contributed by atoms with Crippen molar-refractivity contribution in [3.63, 3.8) is 0 Å². The van der Waals surface area contributed by atoms with Gasteiger partial charge >= 0.3 is 5.97 Å². The van der Waals surface area contributed by atoms with E-state index in [1.807, 2.05) is 26.0 Å². The monoisotopic (exact) mass is 273 g/mol. The number of carboxylic acids is 1. The van der Waals surface area contributed by atoms with E-state index in [-0.39, 0.29) is 5.56 Å². The molecule has 2 rings (SSSR count). The first kappa shape index (κ1) is 13.9. The molecule has 20 heavy (non-hydrogen) atoms. The maximum Gasteiger partial charge on any atom is 0.335 e. The van der Waals surface area contributed by atoms with E-state index in [2.05, 4.69) is 4.98 Å². The lowest BCUT2D eigenvalue weighted by atomic mass is 10.0. The number of rotatable bonds is 3. The first-order valence-electron chi connectivity index (χ1n) is 6.05. The molecule has 0 fully saturated rings. The van der Waals surface area contributed by atoms with Crippen molar-refractivity contribution < 1.29 is 14.6 Å². The van der Waals surface area contributed by atoms with Crippen molar-refractivity contribution in [3.8, 4) is 17.0 Å². The molecule has 2 aromatic rings. The lowest BCUT2D eigenvalue weighted by Crippen LogP contribution is -2.10. The third-order valence-electron chi connectivity index (χ3n) is 3.20. The molecule has 1 aromatic carbocycles. The van der Waals surface area contributed by atoms with Crippen LogP contribution in [0.3, 0.4) is 0 Å². The predicted octanol–water partition coefficient (Wildman–Crippen LogP) is 2.37. The molecule has 1 aromatic heterocycles. The Morgan fingerprint density at radius 2 is 1.80 bits per heavy atom. The highest BCUT2D eigenvalue weighted by molar-refractivity contribution is 5.89. The van der Waals surface area contributed by atoms with Gasteiger partial charge in [-0.15, -0.1) is 0 Å². The fraction of sp³-hybridized carbons (Fsp3) is 0.200. The van der Waals surface area contributed by atoms with Gasteiger partial charge in [0.15, 0.2) is 0 Å². The van der Waals surface area contributed by atoms with E-state index in [0.717, 1.165) is 17.2 Å². The lowest BCUT2D eigenvalue weighted by Gasteiger charge is -2.12. The molecule has 0 aliphatic heterocycles. The van der Waals surface area contributed by atoms with E-state index >= 15 is 0 Å². The van der Waals surface area contributed by atoms with Crippen LogP contribution < -0.4 is 10.3 Å². The van der Waals surface area contributed by atoms with Gasteiger partial charge < -0.3 is 14.8 Å². The number of methoxy groups -OCH3 is 1. The molecule has 1 heterocycles. The Hall–Kier alpha value is -2.56. The van der Waals surface area contributed by atoms with Crippen LogP contribution in [0.25, 0.3) is 11.3 Å². The highest BCUT2D eigenvalue weighted by Crippen LogP contribution is 2.31. The Kier molecular flexibility index (Phi) is 3.61. The molecule has 0 radical (unpaired) electrons. The van der Waals surface area contributed by atoms with Crippen LogP contribution in [0.1, 0.15) is 21.5 Å². The van der Waals surface area contributed by atoms with E-state index < -0.39 is 11.5 Å². The highest BCUT2D eigenvalue weighted by Gasteiger charge is 2.12. The topological polar surface area (TPSA) is 79.4 Å². The molecular weight excluding hydrogens is 258 g/mol. The van der Waals surface area contributed by atoms with Crippen molar-refractivity contribution in [1.29, 1.82) is 0 Å². The van der Waals surface area contributed by atoms with E-state index in [9.17, 15) is 9.59 Å². The summed E-state index contributed by atoms with van der Waals surface area (Å²) in [5.41, 5.74) is 2.67. The van der Waals surface area contributed by atoms with Gasteiger partial charge in [-0.2, -0.15) is 0 Å². The zero-order valence-corrected chi connectivity index (χ0v) is 11.5. The van der Waals surface area contributed by atoms with Crippen molar-refractivity contribution in [1.82, 2.24) is 4.98 Å². The van der Waals surface area contributed by atoms with Crippen molar-refractivity contribution >= 4 is 5.97 Å². The van der Waals surface area contributed by atoms with Gasteiger partial charge in [0.1, 0.15) is 5.75 Å². The van der Waals surface area contributed by atoms with E-state index in [1.165, 1.54) is 13.2 Å². The van der Waals surface area contributed by atoms with Crippen molar-refractivity contribution in [2.45, 2.75) is 13.8 Å². The number of carbonyl (C=O) groups is 1. The SMILES string of the molecule is COc1cc(C)c(C)cc1-c1cc(C(=O)O)cc(=O)[nH]1. The second-order valence-electron chi connectivity index (χ2n) is 4.59. The molecule has 0 aliphatic rings. The Labute approximate surface area is 115 Å². The largest absolute Gasteiger partial charge is 0.496 e. The number of aryl methyl sites for hydroxylation is 2. The fourth-order valence-corrected chi connectivity index (χ4v) is 1.98. The Morgan fingerprint density at radius 3 is 2.40 bits per heavy atom. The Balaban J connectivity index is 2.70. The van der Waals surface area contributed by atoms with Crippen LogP contribution in [0.2, 0.25) is 0 Å². The van der Waals surface area contributed by atoms with Gasteiger partial charge in [0.25, 0.3) is 0 Å². The molecular formula is C15H15NO4. The molecule has 104 valence electrons. The Bertz CT molecular complexity index is 731. The summed E-state index contributed by atoms with van der Waals surface area (Å²) in [6.45, 7) is 3.90. The Morgan fingerprint density at radius 1 is 1.15 bits per heavy atom. The lowest BCUT2D eigenvalue weighted by molar-refractivity contribution is 0.0696. The van der Waals surface area contributed by atoms with Crippen LogP contribution >= 0.6 is 0 Å². The van der Waals surface area contributed by atoms with Crippen LogP contribution in [0, 0.1) is 13.8 Å². The van der Waals surface area contributed by atoms with Gasteiger partial charge in [-0.05, 0) is 43.2 Å². The normalized spacial score (nSPS) is 10.3. The smallest absolute Gasteiger partial charge is 0.335 e. The van der Waals surface area contributed by atoms with Gasteiger partial charge in [-0.25, -0.2) is 4.79 Å². The van der Waals surface area contributed by atoms with Gasteiger partial charge in [-0.1, -0.05) is 0 Å². The first-order chi connectivity index (χ1) is 9.42. The fourth-order valence-electron chi connectivity index (χ4n) is 1.98. The van der Waals surface area contributed by atoms with Crippen LogP contribution in [0.4, 0.5) is 0 Å². The number of hydrogen-bond donors (Lipinski definition) is 2. The minimum Gasteiger partial charge on any atom is -0.496 e. The number of aromatic nitrogens is 1. The highest BCUT2D eigenvalue weighted by atomic mass is 16.5. The first-order valence-corrected chi connectivity index (χ1v) is 6.05. The zero-order valence-electron chi connectivity index (χ0n) is 11.5. The summed E-state index contributed by atoms with van der Waals surface area (Å²) in [6, 6.07) is 6.21. The second-order valence-corrected chi connectivity index (χ2v) is 4.59. The molecule has 0 saturated carbocycles. The van der Waals surface area contributed by atoms with E-state index in [4.69, 9.17) is 9.84 Å². The van der Waals surface area contributed by atoms with Crippen molar-refractivity contribution in [3.05, 3.63) is 51.3 Å².